The molecule has 5 nitrogen and oxygen atoms in total. The molecule has 0 saturated heterocycles. The van der Waals surface area contributed by atoms with Crippen molar-refractivity contribution < 1.29 is 14.3 Å². The van der Waals surface area contributed by atoms with Crippen LogP contribution in [0.4, 0.5) is 11.4 Å². The Bertz CT molecular complexity index is 1100. The zero-order valence-corrected chi connectivity index (χ0v) is 17.6. The maximum Gasteiger partial charge on any atom is 0.255 e. The number of thioether (sulfide) groups is 1. The summed E-state index contributed by atoms with van der Waals surface area (Å²) in [7, 11) is 0. The summed E-state index contributed by atoms with van der Waals surface area (Å²) in [6, 6.07) is 20.7. The van der Waals surface area contributed by atoms with Gasteiger partial charge < -0.3 is 15.4 Å². The summed E-state index contributed by atoms with van der Waals surface area (Å²) < 4.78 is 5.84. The number of benzene rings is 3. The third kappa shape index (κ3) is 4.49. The van der Waals surface area contributed by atoms with E-state index in [1.165, 1.54) is 17.3 Å². The molecule has 0 radical (unpaired) electrons. The minimum absolute atomic E-state index is 0.0497. The molecule has 2 amide bonds. The second kappa shape index (κ2) is 8.63. The molecule has 0 aliphatic carbocycles. The summed E-state index contributed by atoms with van der Waals surface area (Å²) in [6.07, 6.45) is 0. The monoisotopic (exact) mass is 418 g/mol. The number of anilines is 2. The van der Waals surface area contributed by atoms with Crippen LogP contribution in [0.5, 0.6) is 5.75 Å². The average Bonchev–Trinajstić information content (AvgIpc) is 2.74. The van der Waals surface area contributed by atoms with Crippen molar-refractivity contribution in [2.24, 2.45) is 0 Å². The van der Waals surface area contributed by atoms with E-state index in [4.69, 9.17) is 4.74 Å². The molecule has 1 heterocycles. The minimum Gasteiger partial charge on any atom is -0.489 e. The second-order valence-electron chi connectivity index (χ2n) is 7.15. The van der Waals surface area contributed by atoms with Gasteiger partial charge in [-0.1, -0.05) is 24.3 Å². The Morgan fingerprint density at radius 1 is 1.10 bits per heavy atom. The molecular formula is C24H22N2O3S. The van der Waals surface area contributed by atoms with Crippen LogP contribution < -0.4 is 15.4 Å². The molecule has 1 atom stereocenters. The second-order valence-corrected chi connectivity index (χ2v) is 8.54. The van der Waals surface area contributed by atoms with E-state index in [0.29, 0.717) is 23.5 Å². The molecule has 0 bridgehead atoms. The van der Waals surface area contributed by atoms with E-state index in [-0.39, 0.29) is 17.1 Å². The molecule has 1 aliphatic rings. The Labute approximate surface area is 179 Å². The number of carbonyl (C=O) groups excluding carboxylic acids is 2. The van der Waals surface area contributed by atoms with Gasteiger partial charge in [-0.2, -0.15) is 0 Å². The number of amides is 2. The molecule has 3 aromatic carbocycles. The van der Waals surface area contributed by atoms with Gasteiger partial charge in [-0.15, -0.1) is 11.8 Å². The van der Waals surface area contributed by atoms with Crippen LogP contribution >= 0.6 is 11.8 Å². The van der Waals surface area contributed by atoms with E-state index >= 15 is 0 Å². The van der Waals surface area contributed by atoms with Crippen molar-refractivity contribution in [3.63, 3.8) is 0 Å². The first kappa shape index (κ1) is 20.0. The van der Waals surface area contributed by atoms with Crippen LogP contribution in [0.1, 0.15) is 28.4 Å². The zero-order chi connectivity index (χ0) is 21.1. The first-order chi connectivity index (χ1) is 14.5. The van der Waals surface area contributed by atoms with Gasteiger partial charge in [-0.3, -0.25) is 9.59 Å². The van der Waals surface area contributed by atoms with Gasteiger partial charge in [-0.25, -0.2) is 0 Å². The fourth-order valence-electron chi connectivity index (χ4n) is 3.12. The van der Waals surface area contributed by atoms with Crippen molar-refractivity contribution in [2.75, 3.05) is 10.6 Å². The summed E-state index contributed by atoms with van der Waals surface area (Å²) in [5, 5.41) is 5.60. The maximum absolute atomic E-state index is 12.6. The highest BCUT2D eigenvalue weighted by molar-refractivity contribution is 8.00. The van der Waals surface area contributed by atoms with Gasteiger partial charge in [0.1, 0.15) is 12.4 Å². The fraction of sp³-hybridized carbons (Fsp3) is 0.167. The number of rotatable bonds is 5. The molecule has 0 fully saturated rings. The number of hydrogen-bond acceptors (Lipinski definition) is 4. The molecule has 3 aromatic rings. The van der Waals surface area contributed by atoms with E-state index in [9.17, 15) is 9.59 Å². The first-order valence-electron chi connectivity index (χ1n) is 9.70. The largest absolute Gasteiger partial charge is 0.489 e. The topological polar surface area (TPSA) is 67.4 Å². The van der Waals surface area contributed by atoms with Crippen LogP contribution in [-0.2, 0) is 11.4 Å². The summed E-state index contributed by atoms with van der Waals surface area (Å²) in [5.74, 6) is 0.453. The maximum atomic E-state index is 12.6. The molecule has 0 aromatic heterocycles. The highest BCUT2D eigenvalue weighted by Crippen LogP contribution is 2.36. The highest BCUT2D eigenvalue weighted by atomic mass is 32.2. The van der Waals surface area contributed by atoms with E-state index < -0.39 is 0 Å². The smallest absolute Gasteiger partial charge is 0.255 e. The van der Waals surface area contributed by atoms with Crippen molar-refractivity contribution in [1.29, 1.82) is 0 Å². The molecule has 6 heteroatoms. The minimum atomic E-state index is -0.232. The molecule has 1 aliphatic heterocycles. The number of hydrogen-bond donors (Lipinski definition) is 2. The number of nitrogens with one attached hydrogen (secondary N) is 2. The Morgan fingerprint density at radius 2 is 1.87 bits per heavy atom. The molecule has 0 spiro atoms. The predicted molar refractivity (Wildman–Crippen MR) is 120 cm³/mol. The average molecular weight is 419 g/mol. The van der Waals surface area contributed by atoms with Gasteiger partial charge in [0.15, 0.2) is 0 Å². The quantitative estimate of drug-likeness (QED) is 0.593. The summed E-state index contributed by atoms with van der Waals surface area (Å²) in [6.45, 7) is 4.41. The summed E-state index contributed by atoms with van der Waals surface area (Å²) in [5.41, 5.74) is 4.17. The molecule has 0 saturated carbocycles. The van der Waals surface area contributed by atoms with Gasteiger partial charge in [0.25, 0.3) is 5.91 Å². The van der Waals surface area contributed by atoms with E-state index in [0.717, 1.165) is 16.2 Å². The highest BCUT2D eigenvalue weighted by Gasteiger charge is 2.23. The first-order valence-corrected chi connectivity index (χ1v) is 10.6. The van der Waals surface area contributed by atoms with Crippen molar-refractivity contribution in [2.45, 2.75) is 30.6 Å². The van der Waals surface area contributed by atoms with E-state index in [1.54, 1.807) is 12.1 Å². The van der Waals surface area contributed by atoms with E-state index in [2.05, 4.69) is 23.6 Å². The van der Waals surface area contributed by atoms with Crippen molar-refractivity contribution in [1.82, 2.24) is 0 Å². The van der Waals surface area contributed by atoms with Gasteiger partial charge in [-0.05, 0) is 67.4 Å². The normalized spacial score (nSPS) is 15.1. The number of aryl methyl sites for hydroxylation is 1. The summed E-state index contributed by atoms with van der Waals surface area (Å²) in [4.78, 5) is 25.5. The van der Waals surface area contributed by atoms with Crippen LogP contribution in [0.2, 0.25) is 0 Å². The Kier molecular flexibility index (Phi) is 5.77. The molecule has 2 N–H and O–H groups in total. The van der Waals surface area contributed by atoms with Crippen LogP contribution in [0.15, 0.2) is 71.6 Å². The third-order valence-electron chi connectivity index (χ3n) is 4.94. The van der Waals surface area contributed by atoms with Crippen LogP contribution in [0.3, 0.4) is 0 Å². The van der Waals surface area contributed by atoms with Crippen LogP contribution in [0.25, 0.3) is 0 Å². The van der Waals surface area contributed by atoms with Crippen molar-refractivity contribution in [3.05, 3.63) is 83.4 Å². The fourth-order valence-corrected chi connectivity index (χ4v) is 4.05. The molecule has 0 unspecified atom stereocenters. The standard InChI is InChI=1S/C24H22N2O3S/c1-15-5-3-4-6-18(15)14-29-20-10-8-19(9-11-20)25-24(28)17-7-12-22-21(13-17)26-23(27)16(2)30-22/h3-13,16H,14H2,1-2H3,(H,25,28)(H,26,27)/t16-/m1/s1. The Hall–Kier alpha value is -3.25. The zero-order valence-electron chi connectivity index (χ0n) is 16.8. The van der Waals surface area contributed by atoms with Gasteiger partial charge >= 0.3 is 0 Å². The van der Waals surface area contributed by atoms with Gasteiger partial charge in [0, 0.05) is 16.1 Å². The number of ether oxygens (including phenoxy) is 1. The molecule has 4 rings (SSSR count). The lowest BCUT2D eigenvalue weighted by molar-refractivity contribution is -0.115. The SMILES string of the molecule is Cc1ccccc1COc1ccc(NC(=O)c2ccc3c(c2)NC(=O)[C@@H](C)S3)cc1. The van der Waals surface area contributed by atoms with Crippen LogP contribution in [0, 0.1) is 6.92 Å². The lowest BCUT2D eigenvalue weighted by atomic mass is 10.1. The number of fused-ring (bicyclic) bond motifs is 1. The summed E-state index contributed by atoms with van der Waals surface area (Å²) >= 11 is 1.49. The Morgan fingerprint density at radius 3 is 2.63 bits per heavy atom. The Balaban J connectivity index is 1.39. The molecular weight excluding hydrogens is 396 g/mol. The van der Waals surface area contributed by atoms with Crippen LogP contribution in [-0.4, -0.2) is 17.1 Å². The third-order valence-corrected chi connectivity index (χ3v) is 6.12. The lowest BCUT2D eigenvalue weighted by Gasteiger charge is -2.21. The van der Waals surface area contributed by atoms with E-state index in [1.807, 2.05) is 55.5 Å². The van der Waals surface area contributed by atoms with Gasteiger partial charge in [0.05, 0.1) is 10.9 Å². The number of carbonyl (C=O) groups is 2. The van der Waals surface area contributed by atoms with Crippen molar-refractivity contribution >= 4 is 35.0 Å². The molecule has 30 heavy (non-hydrogen) atoms. The predicted octanol–water partition coefficient (Wildman–Crippen LogP) is 5.26. The van der Waals surface area contributed by atoms with Crippen molar-refractivity contribution in [3.8, 4) is 5.75 Å². The lowest BCUT2D eigenvalue weighted by Crippen LogP contribution is -2.26. The van der Waals surface area contributed by atoms with Gasteiger partial charge in [0.2, 0.25) is 5.91 Å². The molecule has 152 valence electrons.